The van der Waals surface area contributed by atoms with E-state index in [2.05, 4.69) is 46.8 Å². The molecule has 0 aromatic carbocycles. The molecule has 0 fully saturated rings. The van der Waals surface area contributed by atoms with Gasteiger partial charge in [-0.2, -0.15) is 0 Å². The summed E-state index contributed by atoms with van der Waals surface area (Å²) in [6, 6.07) is 9.61. The molecule has 0 saturated carbocycles. The van der Waals surface area contributed by atoms with E-state index in [4.69, 9.17) is 0 Å². The molecule has 3 amide bonds. The van der Waals surface area contributed by atoms with Gasteiger partial charge in [0.25, 0.3) is 0 Å². The fourth-order valence-electron chi connectivity index (χ4n) is 5.44. The number of rotatable bonds is 4. The molecule has 0 aliphatic carbocycles. The summed E-state index contributed by atoms with van der Waals surface area (Å²) in [5.41, 5.74) is 2.34. The van der Waals surface area contributed by atoms with Crippen molar-refractivity contribution < 1.29 is 14.4 Å². The predicted molar refractivity (Wildman–Crippen MR) is 161 cm³/mol. The molecule has 0 spiro atoms. The minimum absolute atomic E-state index is 0. The van der Waals surface area contributed by atoms with Gasteiger partial charge in [-0.3, -0.25) is 14.4 Å². The van der Waals surface area contributed by atoms with E-state index in [0.29, 0.717) is 18.1 Å². The molecule has 3 aliphatic heterocycles. The van der Waals surface area contributed by atoms with Crippen molar-refractivity contribution in [2.75, 3.05) is 16.0 Å². The van der Waals surface area contributed by atoms with Crippen LogP contribution in [0.15, 0.2) is 53.4 Å². The molecule has 40 heavy (non-hydrogen) atoms. The number of amides is 3. The van der Waals surface area contributed by atoms with Gasteiger partial charge in [-0.25, -0.2) is 15.0 Å². The lowest BCUT2D eigenvalue weighted by Gasteiger charge is -2.23. The summed E-state index contributed by atoms with van der Waals surface area (Å²) in [7, 11) is 0. The molecule has 212 valence electrons. The third-order valence-electron chi connectivity index (χ3n) is 7.94. The van der Waals surface area contributed by atoms with Crippen molar-refractivity contribution in [3.8, 4) is 0 Å². The minimum Gasteiger partial charge on any atom is -0.310 e. The molecular weight excluding hydrogens is 572 g/mol. The summed E-state index contributed by atoms with van der Waals surface area (Å²) < 4.78 is 0.920. The number of hydrogen-bond acceptors (Lipinski definition) is 6. The molecule has 6 heterocycles. The third kappa shape index (κ3) is 5.50. The molecule has 3 aromatic rings. The van der Waals surface area contributed by atoms with Crippen molar-refractivity contribution in [1.29, 1.82) is 0 Å². The first-order valence-electron chi connectivity index (χ1n) is 13.2. The zero-order valence-corrected chi connectivity index (χ0v) is 24.2. The molecule has 9 nitrogen and oxygen atoms in total. The van der Waals surface area contributed by atoms with E-state index in [9.17, 15) is 14.4 Å². The van der Waals surface area contributed by atoms with Crippen LogP contribution in [-0.4, -0.2) is 32.7 Å². The number of carbonyl (C=O) groups excluding carboxylic acids is 3. The quantitative estimate of drug-likeness (QED) is 0.326. The fourth-order valence-corrected chi connectivity index (χ4v) is 5.77. The van der Waals surface area contributed by atoms with Crippen molar-refractivity contribution in [3.05, 3.63) is 70.1 Å². The molecule has 0 saturated heterocycles. The Bertz CT molecular complexity index is 1370. The van der Waals surface area contributed by atoms with Gasteiger partial charge in [0.15, 0.2) is 0 Å². The molecular formula is C30H37BrN6O3. The number of fused-ring (bicyclic) bond motifs is 3. The first kappa shape index (κ1) is 30.9. The predicted octanol–water partition coefficient (Wildman–Crippen LogP) is 6.16. The number of nitrogens with one attached hydrogen (secondary N) is 3. The SMILES string of the molecule is C.CCC1(CC)C(=O)Nc2ncc(Br)cc21.CCC1(CC)C(=O)Nc2ncccc21.O=C1Cc2cccnc2N1. The second kappa shape index (κ2) is 12.7. The number of hydrogen-bond donors (Lipinski definition) is 3. The standard InChI is InChI=1S/C11H13BrN2O.C11H14N2O.C7H6N2O.CH4/c1-3-11(4-2)8-5-7(12)6-13-9(8)14-10(11)15;1-3-11(4-2)8-6-5-7-12-9(8)13-10(11)14;10-6-4-5-2-1-3-8-7(5)9-6;/h5-6H,3-4H2,1-2H3,(H,13,14,15);5-7H,3-4H2,1-2H3,(H,12,13,14);1-3H,4H2,(H,8,9,10);1H4. The lowest BCUT2D eigenvalue weighted by atomic mass is 9.77. The maximum atomic E-state index is 12.0. The highest BCUT2D eigenvalue weighted by molar-refractivity contribution is 9.10. The van der Waals surface area contributed by atoms with Crippen molar-refractivity contribution in [1.82, 2.24) is 15.0 Å². The van der Waals surface area contributed by atoms with Gasteiger partial charge in [-0.15, -0.1) is 0 Å². The highest BCUT2D eigenvalue weighted by atomic mass is 79.9. The molecule has 6 rings (SSSR count). The highest BCUT2D eigenvalue weighted by Crippen LogP contribution is 2.43. The van der Waals surface area contributed by atoms with Crippen LogP contribution in [0, 0.1) is 0 Å². The van der Waals surface area contributed by atoms with Crippen LogP contribution in [0.4, 0.5) is 17.5 Å². The fraction of sp³-hybridized carbons (Fsp3) is 0.400. The molecule has 0 radical (unpaired) electrons. The molecule has 0 atom stereocenters. The average molecular weight is 610 g/mol. The Balaban J connectivity index is 0.000000166. The van der Waals surface area contributed by atoms with Gasteiger partial charge in [0.05, 0.1) is 17.3 Å². The van der Waals surface area contributed by atoms with E-state index in [0.717, 1.165) is 52.7 Å². The van der Waals surface area contributed by atoms with Crippen molar-refractivity contribution >= 4 is 51.1 Å². The van der Waals surface area contributed by atoms with E-state index in [-0.39, 0.29) is 36.0 Å². The molecule has 0 bridgehead atoms. The first-order valence-corrected chi connectivity index (χ1v) is 14.0. The van der Waals surface area contributed by atoms with Crippen LogP contribution in [0.5, 0.6) is 0 Å². The zero-order valence-electron chi connectivity index (χ0n) is 22.6. The molecule has 0 unspecified atom stereocenters. The van der Waals surface area contributed by atoms with Crippen LogP contribution in [0.1, 0.15) is 77.5 Å². The van der Waals surface area contributed by atoms with Crippen molar-refractivity contribution in [2.24, 2.45) is 0 Å². The molecule has 3 N–H and O–H groups in total. The molecule has 3 aliphatic rings. The summed E-state index contributed by atoms with van der Waals surface area (Å²) in [5.74, 6) is 2.37. The molecule has 3 aromatic heterocycles. The van der Waals surface area contributed by atoms with E-state index in [1.807, 2.05) is 58.0 Å². The van der Waals surface area contributed by atoms with E-state index in [1.54, 1.807) is 18.6 Å². The Morgan fingerprint density at radius 3 is 1.85 bits per heavy atom. The lowest BCUT2D eigenvalue weighted by Crippen LogP contribution is -2.32. The van der Waals surface area contributed by atoms with Gasteiger partial charge in [0.1, 0.15) is 17.5 Å². The number of pyridine rings is 3. The van der Waals surface area contributed by atoms with Crippen LogP contribution in [0.3, 0.4) is 0 Å². The van der Waals surface area contributed by atoms with Gasteiger partial charge in [0, 0.05) is 39.8 Å². The second-order valence-electron chi connectivity index (χ2n) is 9.67. The number of nitrogens with zero attached hydrogens (tertiary/aromatic N) is 3. The van der Waals surface area contributed by atoms with Gasteiger partial charge < -0.3 is 16.0 Å². The maximum absolute atomic E-state index is 12.0. The van der Waals surface area contributed by atoms with Crippen LogP contribution in [0.25, 0.3) is 0 Å². The summed E-state index contributed by atoms with van der Waals surface area (Å²) in [5, 5.41) is 8.33. The summed E-state index contributed by atoms with van der Waals surface area (Å²) in [6.07, 6.45) is 8.83. The normalized spacial score (nSPS) is 16.4. The molecule has 10 heteroatoms. The van der Waals surface area contributed by atoms with Crippen molar-refractivity contribution in [3.63, 3.8) is 0 Å². The highest BCUT2D eigenvalue weighted by Gasteiger charge is 2.45. The third-order valence-corrected chi connectivity index (χ3v) is 8.37. The van der Waals surface area contributed by atoms with Crippen LogP contribution in [0.2, 0.25) is 0 Å². The average Bonchev–Trinajstić information content (AvgIpc) is 3.56. The minimum atomic E-state index is -0.383. The van der Waals surface area contributed by atoms with Gasteiger partial charge >= 0.3 is 0 Å². The Kier molecular flexibility index (Phi) is 9.78. The van der Waals surface area contributed by atoms with Crippen LogP contribution < -0.4 is 16.0 Å². The monoisotopic (exact) mass is 608 g/mol. The summed E-state index contributed by atoms with van der Waals surface area (Å²) >= 11 is 3.39. The summed E-state index contributed by atoms with van der Waals surface area (Å²) in [6.45, 7) is 8.18. The topological polar surface area (TPSA) is 126 Å². The van der Waals surface area contributed by atoms with Gasteiger partial charge in [0.2, 0.25) is 17.7 Å². The van der Waals surface area contributed by atoms with E-state index in [1.165, 1.54) is 0 Å². The van der Waals surface area contributed by atoms with Crippen LogP contribution in [-0.2, 0) is 31.6 Å². The smallest absolute Gasteiger partial charge is 0.236 e. The van der Waals surface area contributed by atoms with Crippen molar-refractivity contribution in [2.45, 2.75) is 78.1 Å². The lowest BCUT2D eigenvalue weighted by molar-refractivity contribution is -0.121. The number of aromatic nitrogens is 3. The van der Waals surface area contributed by atoms with Crippen LogP contribution >= 0.6 is 15.9 Å². The zero-order chi connectivity index (χ0) is 28.2. The number of anilines is 3. The summed E-state index contributed by atoms with van der Waals surface area (Å²) in [4.78, 5) is 46.9. The Hall–Kier alpha value is -3.66. The number of carbonyl (C=O) groups is 3. The largest absolute Gasteiger partial charge is 0.310 e. The Morgan fingerprint density at radius 1 is 0.750 bits per heavy atom. The number of halogens is 1. The Morgan fingerprint density at radius 2 is 1.27 bits per heavy atom. The first-order chi connectivity index (χ1) is 18.7. The van der Waals surface area contributed by atoms with E-state index < -0.39 is 0 Å². The van der Waals surface area contributed by atoms with E-state index >= 15 is 0 Å². The second-order valence-corrected chi connectivity index (χ2v) is 10.6. The Labute approximate surface area is 244 Å². The van der Waals surface area contributed by atoms with Gasteiger partial charge in [-0.1, -0.05) is 47.3 Å². The van der Waals surface area contributed by atoms with Gasteiger partial charge in [-0.05, 0) is 59.8 Å². The maximum Gasteiger partial charge on any atom is 0.236 e.